The fraction of sp³-hybridized carbons (Fsp3) is 1.00. The zero-order valence-corrected chi connectivity index (χ0v) is 9.46. The van der Waals surface area contributed by atoms with Gasteiger partial charge in [0, 0.05) is 0 Å². The van der Waals surface area contributed by atoms with Gasteiger partial charge in [0.15, 0.2) is 6.29 Å². The first-order valence-corrected chi connectivity index (χ1v) is 6.09. The van der Waals surface area contributed by atoms with Gasteiger partial charge in [0.25, 0.3) is 10.1 Å². The molecule has 1 fully saturated rings. The standard InChI is InChI=1S/C8H16O5S/c1-4-14(9,10)13-7-5-12-8(2,3)6-11-7/h7H,4-6H2,1-3H3. The lowest BCUT2D eigenvalue weighted by Gasteiger charge is -2.34. The molecule has 0 aromatic rings. The van der Waals surface area contributed by atoms with Crippen LogP contribution in [0.15, 0.2) is 0 Å². The van der Waals surface area contributed by atoms with E-state index in [1.165, 1.54) is 6.92 Å². The van der Waals surface area contributed by atoms with E-state index in [2.05, 4.69) is 0 Å². The van der Waals surface area contributed by atoms with Crippen molar-refractivity contribution in [2.24, 2.45) is 0 Å². The molecule has 0 radical (unpaired) electrons. The van der Waals surface area contributed by atoms with Gasteiger partial charge in [-0.25, -0.2) is 4.18 Å². The molecule has 1 aliphatic heterocycles. The van der Waals surface area contributed by atoms with E-state index in [4.69, 9.17) is 13.7 Å². The summed E-state index contributed by atoms with van der Waals surface area (Å²) in [6.07, 6.45) is -0.798. The average molecular weight is 224 g/mol. The van der Waals surface area contributed by atoms with Crippen LogP contribution < -0.4 is 0 Å². The Bertz CT molecular complexity index is 272. The van der Waals surface area contributed by atoms with Crippen LogP contribution in [0.2, 0.25) is 0 Å². The first-order valence-electron chi connectivity index (χ1n) is 4.51. The van der Waals surface area contributed by atoms with Crippen molar-refractivity contribution in [2.45, 2.75) is 32.7 Å². The molecular weight excluding hydrogens is 208 g/mol. The summed E-state index contributed by atoms with van der Waals surface area (Å²) in [5, 5.41) is 0. The van der Waals surface area contributed by atoms with Gasteiger partial charge in [-0.2, -0.15) is 8.42 Å². The minimum Gasteiger partial charge on any atom is -0.368 e. The summed E-state index contributed by atoms with van der Waals surface area (Å²) < 4.78 is 37.4. The number of hydrogen-bond donors (Lipinski definition) is 0. The molecule has 0 aliphatic carbocycles. The second-order valence-corrected chi connectivity index (χ2v) is 5.64. The fourth-order valence-corrected chi connectivity index (χ4v) is 1.54. The highest BCUT2D eigenvalue weighted by Gasteiger charge is 2.31. The Morgan fingerprint density at radius 2 is 2.14 bits per heavy atom. The highest BCUT2D eigenvalue weighted by atomic mass is 32.2. The van der Waals surface area contributed by atoms with E-state index in [1.807, 2.05) is 13.8 Å². The molecule has 0 amide bonds. The molecule has 6 heteroatoms. The molecule has 1 heterocycles. The van der Waals surface area contributed by atoms with E-state index in [9.17, 15) is 8.42 Å². The lowest BCUT2D eigenvalue weighted by atomic mass is 10.1. The third kappa shape index (κ3) is 3.53. The van der Waals surface area contributed by atoms with Gasteiger partial charge in [0.1, 0.15) is 0 Å². The molecule has 0 saturated carbocycles. The molecule has 1 saturated heterocycles. The van der Waals surface area contributed by atoms with Crippen molar-refractivity contribution in [3.05, 3.63) is 0 Å². The largest absolute Gasteiger partial charge is 0.368 e. The molecule has 1 unspecified atom stereocenters. The smallest absolute Gasteiger partial charge is 0.269 e. The molecule has 0 bridgehead atoms. The predicted molar refractivity (Wildman–Crippen MR) is 50.3 cm³/mol. The van der Waals surface area contributed by atoms with Gasteiger partial charge in [-0.15, -0.1) is 0 Å². The minimum atomic E-state index is -3.46. The molecule has 1 aliphatic rings. The summed E-state index contributed by atoms with van der Waals surface area (Å²) in [5.41, 5.74) is -0.365. The fourth-order valence-electron chi connectivity index (χ4n) is 0.964. The summed E-state index contributed by atoms with van der Waals surface area (Å²) in [7, 11) is -3.46. The summed E-state index contributed by atoms with van der Waals surface area (Å²) in [6, 6.07) is 0. The van der Waals surface area contributed by atoms with Crippen molar-refractivity contribution in [3.63, 3.8) is 0 Å². The maximum atomic E-state index is 11.1. The van der Waals surface area contributed by atoms with Crippen LogP contribution in [-0.4, -0.2) is 39.3 Å². The Morgan fingerprint density at radius 1 is 1.50 bits per heavy atom. The second kappa shape index (κ2) is 4.14. The van der Waals surface area contributed by atoms with E-state index < -0.39 is 16.4 Å². The third-order valence-corrected chi connectivity index (χ3v) is 3.05. The van der Waals surface area contributed by atoms with Crippen LogP contribution in [0.5, 0.6) is 0 Å². The lowest BCUT2D eigenvalue weighted by molar-refractivity contribution is -0.228. The van der Waals surface area contributed by atoms with Crippen molar-refractivity contribution in [1.29, 1.82) is 0 Å². The van der Waals surface area contributed by atoms with Gasteiger partial charge in [-0.05, 0) is 20.8 Å². The predicted octanol–water partition coefficient (Wildman–Crippen LogP) is 0.504. The summed E-state index contributed by atoms with van der Waals surface area (Å²) in [6.45, 7) is 5.74. The molecule has 1 atom stereocenters. The summed E-state index contributed by atoms with van der Waals surface area (Å²) in [5.74, 6) is -0.0593. The normalized spacial score (nSPS) is 27.5. The highest BCUT2D eigenvalue weighted by Crippen LogP contribution is 2.19. The zero-order valence-electron chi connectivity index (χ0n) is 8.65. The Morgan fingerprint density at radius 3 is 2.57 bits per heavy atom. The van der Waals surface area contributed by atoms with Crippen LogP contribution >= 0.6 is 0 Å². The van der Waals surface area contributed by atoms with Crippen LogP contribution in [0.25, 0.3) is 0 Å². The molecule has 84 valence electrons. The van der Waals surface area contributed by atoms with Crippen molar-refractivity contribution < 1.29 is 22.1 Å². The third-order valence-electron chi connectivity index (χ3n) is 1.83. The number of rotatable bonds is 3. The van der Waals surface area contributed by atoms with Gasteiger partial charge in [-0.3, -0.25) is 0 Å². The quantitative estimate of drug-likeness (QED) is 0.653. The average Bonchev–Trinajstić information content (AvgIpc) is 2.09. The van der Waals surface area contributed by atoms with Gasteiger partial charge in [-0.1, -0.05) is 0 Å². The Balaban J connectivity index is 2.44. The van der Waals surface area contributed by atoms with E-state index in [-0.39, 0.29) is 18.0 Å². The van der Waals surface area contributed by atoms with E-state index in [0.717, 1.165) is 0 Å². The maximum absolute atomic E-state index is 11.1. The lowest BCUT2D eigenvalue weighted by Crippen LogP contribution is -2.44. The van der Waals surface area contributed by atoms with Gasteiger partial charge in [0.2, 0.25) is 0 Å². The Kier molecular flexibility index (Phi) is 3.52. The number of ether oxygens (including phenoxy) is 2. The van der Waals surface area contributed by atoms with Crippen molar-refractivity contribution >= 4 is 10.1 Å². The topological polar surface area (TPSA) is 61.8 Å². The molecule has 14 heavy (non-hydrogen) atoms. The van der Waals surface area contributed by atoms with E-state index >= 15 is 0 Å². The van der Waals surface area contributed by atoms with Gasteiger partial charge < -0.3 is 9.47 Å². The minimum absolute atomic E-state index is 0.0593. The number of hydrogen-bond acceptors (Lipinski definition) is 5. The van der Waals surface area contributed by atoms with Crippen LogP contribution in [0, 0.1) is 0 Å². The molecular formula is C8H16O5S. The molecule has 1 rings (SSSR count). The molecule has 5 nitrogen and oxygen atoms in total. The highest BCUT2D eigenvalue weighted by molar-refractivity contribution is 7.86. The molecule has 0 spiro atoms. The van der Waals surface area contributed by atoms with E-state index in [0.29, 0.717) is 6.61 Å². The van der Waals surface area contributed by atoms with Crippen molar-refractivity contribution in [1.82, 2.24) is 0 Å². The monoisotopic (exact) mass is 224 g/mol. The Hall–Kier alpha value is -0.170. The second-order valence-electron chi connectivity index (χ2n) is 3.75. The maximum Gasteiger partial charge on any atom is 0.269 e. The molecule has 0 N–H and O–H groups in total. The van der Waals surface area contributed by atoms with Gasteiger partial charge >= 0.3 is 0 Å². The SMILES string of the molecule is CCS(=O)(=O)OC1COC(C)(C)CO1. The van der Waals surface area contributed by atoms with Crippen LogP contribution in [0.1, 0.15) is 20.8 Å². The first-order chi connectivity index (χ1) is 6.35. The van der Waals surface area contributed by atoms with Gasteiger partial charge in [0.05, 0.1) is 24.6 Å². The van der Waals surface area contributed by atoms with Crippen LogP contribution in [0.4, 0.5) is 0 Å². The zero-order chi connectivity index (χ0) is 10.8. The van der Waals surface area contributed by atoms with Crippen LogP contribution in [0.3, 0.4) is 0 Å². The first kappa shape index (κ1) is 11.9. The van der Waals surface area contributed by atoms with Crippen LogP contribution in [-0.2, 0) is 23.8 Å². The van der Waals surface area contributed by atoms with E-state index in [1.54, 1.807) is 0 Å². The summed E-state index contributed by atoms with van der Waals surface area (Å²) in [4.78, 5) is 0. The molecule has 0 aromatic carbocycles. The van der Waals surface area contributed by atoms with Crippen molar-refractivity contribution in [2.75, 3.05) is 19.0 Å². The summed E-state index contributed by atoms with van der Waals surface area (Å²) >= 11 is 0. The van der Waals surface area contributed by atoms with Crippen molar-refractivity contribution in [3.8, 4) is 0 Å². The molecule has 0 aromatic heterocycles. The Labute approximate surface area is 84.5 Å².